The number of hydrogen-bond donors (Lipinski definition) is 0. The van der Waals surface area contributed by atoms with E-state index in [0.29, 0.717) is 12.5 Å². The summed E-state index contributed by atoms with van der Waals surface area (Å²) in [5.41, 5.74) is 0. The van der Waals surface area contributed by atoms with Crippen LogP contribution in [-0.2, 0) is 19.1 Å². The van der Waals surface area contributed by atoms with Crippen LogP contribution in [0.2, 0.25) is 0 Å². The Labute approximate surface area is 97.3 Å². The highest BCUT2D eigenvalue weighted by atomic mass is 16.5. The highest BCUT2D eigenvalue weighted by Crippen LogP contribution is 2.05. The van der Waals surface area contributed by atoms with Gasteiger partial charge in [-0.2, -0.15) is 0 Å². The second-order valence-corrected chi connectivity index (χ2v) is 4.10. The van der Waals surface area contributed by atoms with Crippen molar-refractivity contribution < 1.29 is 19.1 Å². The van der Waals surface area contributed by atoms with E-state index in [1.165, 1.54) is 0 Å². The van der Waals surface area contributed by atoms with Crippen LogP contribution in [0, 0.1) is 5.92 Å². The number of ketones is 1. The van der Waals surface area contributed by atoms with Crippen molar-refractivity contribution in [1.82, 2.24) is 0 Å². The first-order valence-electron chi connectivity index (χ1n) is 5.76. The molecular weight excluding hydrogens is 208 g/mol. The largest absolute Gasteiger partial charge is 0.466 e. The molecule has 0 saturated carbocycles. The van der Waals surface area contributed by atoms with Crippen LogP contribution in [0.3, 0.4) is 0 Å². The van der Waals surface area contributed by atoms with Gasteiger partial charge in [-0.15, -0.1) is 0 Å². The Bertz CT molecular complexity index is 223. The molecule has 1 atom stereocenters. The molecule has 4 nitrogen and oxygen atoms in total. The molecule has 0 fully saturated rings. The maximum atomic E-state index is 11.3. The highest BCUT2D eigenvalue weighted by Gasteiger charge is 2.11. The van der Waals surface area contributed by atoms with Gasteiger partial charge in [0.2, 0.25) is 0 Å². The number of Topliss-reactive ketones (excluding diaryl/α,β-unsaturated/α-hetero) is 1. The third-order valence-corrected chi connectivity index (χ3v) is 2.36. The summed E-state index contributed by atoms with van der Waals surface area (Å²) in [6.07, 6.45) is 0.405. The summed E-state index contributed by atoms with van der Waals surface area (Å²) in [5, 5.41) is 0. The Hall–Kier alpha value is -0.900. The van der Waals surface area contributed by atoms with Gasteiger partial charge in [-0.25, -0.2) is 0 Å². The molecule has 16 heavy (non-hydrogen) atoms. The summed E-state index contributed by atoms with van der Waals surface area (Å²) in [6, 6.07) is 0. The molecule has 0 aliphatic rings. The zero-order valence-electron chi connectivity index (χ0n) is 10.6. The smallest absolute Gasteiger partial charge is 0.306 e. The van der Waals surface area contributed by atoms with Crippen LogP contribution in [0.1, 0.15) is 40.5 Å². The minimum absolute atomic E-state index is 0.0550. The van der Waals surface area contributed by atoms with Gasteiger partial charge in [0.05, 0.1) is 19.1 Å². The maximum absolute atomic E-state index is 11.3. The highest BCUT2D eigenvalue weighted by molar-refractivity contribution is 5.83. The Morgan fingerprint density at radius 3 is 2.25 bits per heavy atom. The second-order valence-electron chi connectivity index (χ2n) is 4.10. The molecule has 0 heterocycles. The molecule has 1 unspecified atom stereocenters. The van der Waals surface area contributed by atoms with Gasteiger partial charge in [-0.05, 0) is 19.8 Å². The Kier molecular flexibility index (Phi) is 7.81. The fourth-order valence-corrected chi connectivity index (χ4v) is 0.964. The number of carbonyl (C=O) groups excluding carboxylic acids is 2. The average molecular weight is 230 g/mol. The van der Waals surface area contributed by atoms with E-state index in [0.717, 1.165) is 0 Å². The van der Waals surface area contributed by atoms with Crippen molar-refractivity contribution in [2.24, 2.45) is 5.92 Å². The van der Waals surface area contributed by atoms with Gasteiger partial charge in [0.1, 0.15) is 6.61 Å². The van der Waals surface area contributed by atoms with Crippen LogP contribution in [0.25, 0.3) is 0 Å². The molecular formula is C12H22O4. The summed E-state index contributed by atoms with van der Waals surface area (Å²) >= 11 is 0. The van der Waals surface area contributed by atoms with E-state index < -0.39 is 0 Å². The third kappa shape index (κ3) is 7.40. The van der Waals surface area contributed by atoms with Crippen LogP contribution >= 0.6 is 0 Å². The first-order chi connectivity index (χ1) is 7.47. The summed E-state index contributed by atoms with van der Waals surface area (Å²) in [4.78, 5) is 22.3. The molecule has 94 valence electrons. The van der Waals surface area contributed by atoms with Gasteiger partial charge in [-0.3, -0.25) is 9.59 Å². The number of esters is 1. The van der Waals surface area contributed by atoms with Crippen LogP contribution in [0.15, 0.2) is 0 Å². The number of rotatable bonds is 8. The van der Waals surface area contributed by atoms with E-state index in [9.17, 15) is 9.59 Å². The minimum atomic E-state index is -0.326. The SMILES string of the molecule is CCOC(=O)CCC(=O)COC(C)C(C)C. The maximum Gasteiger partial charge on any atom is 0.306 e. The van der Waals surface area contributed by atoms with Gasteiger partial charge in [0.15, 0.2) is 5.78 Å². The normalized spacial score (nSPS) is 12.6. The molecule has 0 N–H and O–H groups in total. The minimum Gasteiger partial charge on any atom is -0.466 e. The Balaban J connectivity index is 3.63. The third-order valence-electron chi connectivity index (χ3n) is 2.36. The zero-order valence-corrected chi connectivity index (χ0v) is 10.6. The van der Waals surface area contributed by atoms with Crippen LogP contribution in [-0.4, -0.2) is 31.1 Å². The van der Waals surface area contributed by atoms with E-state index in [4.69, 9.17) is 9.47 Å². The van der Waals surface area contributed by atoms with E-state index >= 15 is 0 Å². The predicted octanol–water partition coefficient (Wildman–Crippen LogP) is 1.96. The molecule has 0 aliphatic heterocycles. The van der Waals surface area contributed by atoms with Gasteiger partial charge in [0.25, 0.3) is 0 Å². The summed E-state index contributed by atoms with van der Waals surface area (Å²) < 4.78 is 10.1. The summed E-state index contributed by atoms with van der Waals surface area (Å²) in [6.45, 7) is 8.19. The van der Waals surface area contributed by atoms with Crippen molar-refractivity contribution in [2.45, 2.75) is 46.6 Å². The van der Waals surface area contributed by atoms with Crippen molar-refractivity contribution in [3.8, 4) is 0 Å². The van der Waals surface area contributed by atoms with Crippen molar-refractivity contribution in [3.05, 3.63) is 0 Å². The molecule has 0 aromatic rings. The molecule has 0 saturated heterocycles. The van der Waals surface area contributed by atoms with Crippen molar-refractivity contribution >= 4 is 11.8 Å². The lowest BCUT2D eigenvalue weighted by molar-refractivity contribution is -0.144. The fourth-order valence-electron chi connectivity index (χ4n) is 0.964. The standard InChI is InChI=1S/C12H22O4/c1-5-15-12(14)7-6-11(13)8-16-10(4)9(2)3/h9-10H,5-8H2,1-4H3. The molecule has 0 aromatic heterocycles. The van der Waals surface area contributed by atoms with E-state index in [-0.39, 0.29) is 37.3 Å². The lowest BCUT2D eigenvalue weighted by atomic mass is 10.1. The molecule has 0 aliphatic carbocycles. The molecule has 0 spiro atoms. The first-order valence-corrected chi connectivity index (χ1v) is 5.76. The van der Waals surface area contributed by atoms with Gasteiger partial charge in [0, 0.05) is 6.42 Å². The average Bonchev–Trinajstić information content (AvgIpc) is 2.23. The second kappa shape index (κ2) is 8.28. The van der Waals surface area contributed by atoms with Crippen LogP contribution in [0.5, 0.6) is 0 Å². The molecule has 0 aromatic carbocycles. The van der Waals surface area contributed by atoms with Crippen molar-refractivity contribution in [3.63, 3.8) is 0 Å². The lowest BCUT2D eigenvalue weighted by Crippen LogP contribution is -2.20. The van der Waals surface area contributed by atoms with Crippen molar-refractivity contribution in [1.29, 1.82) is 0 Å². The van der Waals surface area contributed by atoms with Crippen LogP contribution < -0.4 is 0 Å². The number of carbonyl (C=O) groups is 2. The quantitative estimate of drug-likeness (QED) is 0.598. The van der Waals surface area contributed by atoms with Crippen LogP contribution in [0.4, 0.5) is 0 Å². The monoisotopic (exact) mass is 230 g/mol. The van der Waals surface area contributed by atoms with Gasteiger partial charge < -0.3 is 9.47 Å². The number of hydrogen-bond acceptors (Lipinski definition) is 4. The Morgan fingerprint density at radius 1 is 1.12 bits per heavy atom. The van der Waals surface area contributed by atoms with E-state index in [2.05, 4.69) is 0 Å². The molecule has 0 amide bonds. The topological polar surface area (TPSA) is 52.6 Å². The van der Waals surface area contributed by atoms with Gasteiger partial charge >= 0.3 is 5.97 Å². The summed E-state index contributed by atoms with van der Waals surface area (Å²) in [5.74, 6) is 0.00571. The lowest BCUT2D eigenvalue weighted by Gasteiger charge is -2.15. The Morgan fingerprint density at radius 2 is 1.75 bits per heavy atom. The predicted molar refractivity (Wildman–Crippen MR) is 61.1 cm³/mol. The fraction of sp³-hybridized carbons (Fsp3) is 0.833. The first kappa shape index (κ1) is 15.1. The molecule has 0 radical (unpaired) electrons. The van der Waals surface area contributed by atoms with E-state index in [1.54, 1.807) is 6.92 Å². The molecule has 0 rings (SSSR count). The molecule has 4 heteroatoms. The van der Waals surface area contributed by atoms with E-state index in [1.807, 2.05) is 20.8 Å². The number of ether oxygens (including phenoxy) is 2. The van der Waals surface area contributed by atoms with Gasteiger partial charge in [-0.1, -0.05) is 13.8 Å². The molecule has 0 bridgehead atoms. The zero-order chi connectivity index (χ0) is 12.6. The summed E-state index contributed by atoms with van der Waals surface area (Å²) in [7, 11) is 0. The van der Waals surface area contributed by atoms with Crippen molar-refractivity contribution in [2.75, 3.05) is 13.2 Å².